The Morgan fingerprint density at radius 3 is 2.52 bits per heavy atom. The Bertz CT molecular complexity index is 653. The van der Waals surface area contributed by atoms with Gasteiger partial charge in [0.25, 0.3) is 0 Å². The van der Waals surface area contributed by atoms with Gasteiger partial charge in [-0.2, -0.15) is 0 Å². The fourth-order valence-electron chi connectivity index (χ4n) is 2.96. The highest BCUT2D eigenvalue weighted by molar-refractivity contribution is 5.39. The van der Waals surface area contributed by atoms with Crippen LogP contribution >= 0.6 is 0 Å². The third-order valence-corrected chi connectivity index (χ3v) is 4.67. The molecule has 122 valence electrons. The van der Waals surface area contributed by atoms with Gasteiger partial charge in [0.2, 0.25) is 0 Å². The molecule has 0 spiro atoms. The molecule has 2 aromatic rings. The molecule has 2 aromatic carbocycles. The first-order chi connectivity index (χ1) is 11.1. The number of benzene rings is 2. The van der Waals surface area contributed by atoms with E-state index in [0.29, 0.717) is 12.3 Å². The zero-order chi connectivity index (χ0) is 16.3. The summed E-state index contributed by atoms with van der Waals surface area (Å²) in [5.74, 6) is 0.870. The summed E-state index contributed by atoms with van der Waals surface area (Å²) in [5, 5.41) is 24.0. The molecule has 4 heteroatoms. The van der Waals surface area contributed by atoms with E-state index >= 15 is 0 Å². The van der Waals surface area contributed by atoms with E-state index in [0.717, 1.165) is 30.5 Å². The first-order valence-electron chi connectivity index (χ1n) is 7.94. The van der Waals surface area contributed by atoms with Crippen molar-refractivity contribution >= 4 is 0 Å². The molecule has 1 saturated carbocycles. The number of ether oxygens (including phenoxy) is 1. The number of methoxy groups -OCH3 is 1. The zero-order valence-corrected chi connectivity index (χ0v) is 13.3. The number of hydrogen-bond acceptors (Lipinski definition) is 4. The molecule has 0 aromatic heterocycles. The third-order valence-electron chi connectivity index (χ3n) is 4.67. The fourth-order valence-corrected chi connectivity index (χ4v) is 2.96. The topological polar surface area (TPSA) is 61.7 Å². The molecular formula is C19H23NO3. The monoisotopic (exact) mass is 313 g/mol. The van der Waals surface area contributed by atoms with Gasteiger partial charge in [-0.1, -0.05) is 36.4 Å². The minimum absolute atomic E-state index is 0.0799. The van der Waals surface area contributed by atoms with Crippen molar-refractivity contribution < 1.29 is 14.9 Å². The molecule has 1 unspecified atom stereocenters. The second kappa shape index (κ2) is 6.60. The molecular weight excluding hydrogens is 290 g/mol. The molecule has 0 amide bonds. The lowest BCUT2D eigenvalue weighted by molar-refractivity contribution is 0.0917. The lowest BCUT2D eigenvalue weighted by atomic mass is 9.92. The van der Waals surface area contributed by atoms with Gasteiger partial charge < -0.3 is 20.3 Å². The van der Waals surface area contributed by atoms with E-state index in [1.165, 1.54) is 0 Å². The molecule has 1 fully saturated rings. The molecule has 23 heavy (non-hydrogen) atoms. The van der Waals surface area contributed by atoms with E-state index < -0.39 is 6.10 Å². The minimum Gasteiger partial charge on any atom is -0.507 e. The Labute approximate surface area is 136 Å². The van der Waals surface area contributed by atoms with E-state index in [4.69, 9.17) is 4.74 Å². The van der Waals surface area contributed by atoms with Crippen LogP contribution in [0.4, 0.5) is 0 Å². The lowest BCUT2D eigenvalue weighted by Gasteiger charge is -2.23. The summed E-state index contributed by atoms with van der Waals surface area (Å²) < 4.78 is 5.09. The van der Waals surface area contributed by atoms with Crippen LogP contribution in [0.3, 0.4) is 0 Å². The Morgan fingerprint density at radius 2 is 1.91 bits per heavy atom. The van der Waals surface area contributed by atoms with E-state index in [1.807, 2.05) is 42.5 Å². The van der Waals surface area contributed by atoms with Gasteiger partial charge in [0.05, 0.1) is 13.2 Å². The maximum absolute atomic E-state index is 10.6. The van der Waals surface area contributed by atoms with Crippen molar-refractivity contribution in [1.29, 1.82) is 0 Å². The van der Waals surface area contributed by atoms with Gasteiger partial charge >= 0.3 is 0 Å². The van der Waals surface area contributed by atoms with Crippen molar-refractivity contribution in [3.8, 4) is 11.5 Å². The predicted octanol–water partition coefficient (Wildman–Crippen LogP) is 3.00. The van der Waals surface area contributed by atoms with Gasteiger partial charge in [-0.25, -0.2) is 0 Å². The maximum atomic E-state index is 10.6. The molecule has 1 aliphatic rings. The van der Waals surface area contributed by atoms with Gasteiger partial charge in [-0.3, -0.25) is 0 Å². The van der Waals surface area contributed by atoms with Crippen LogP contribution in [0.1, 0.15) is 30.1 Å². The van der Waals surface area contributed by atoms with E-state index in [-0.39, 0.29) is 11.2 Å². The smallest absolute Gasteiger partial charge is 0.123 e. The average molecular weight is 313 g/mol. The van der Waals surface area contributed by atoms with Gasteiger partial charge in [0, 0.05) is 30.1 Å². The van der Waals surface area contributed by atoms with Gasteiger partial charge in [-0.05, 0) is 24.5 Å². The first kappa shape index (κ1) is 15.8. The highest BCUT2D eigenvalue weighted by Gasteiger charge is 2.48. The van der Waals surface area contributed by atoms with Gasteiger partial charge in [0.1, 0.15) is 11.5 Å². The molecule has 3 rings (SSSR count). The number of aliphatic hydroxyl groups excluding tert-OH is 1. The lowest BCUT2D eigenvalue weighted by Crippen LogP contribution is -2.28. The molecule has 1 aliphatic carbocycles. The Kier molecular flexibility index (Phi) is 4.55. The first-order valence-corrected chi connectivity index (χ1v) is 7.94. The van der Waals surface area contributed by atoms with E-state index in [2.05, 4.69) is 5.32 Å². The normalized spacial score (nSPS) is 16.8. The van der Waals surface area contributed by atoms with Crippen molar-refractivity contribution in [1.82, 2.24) is 5.32 Å². The number of nitrogens with one attached hydrogen (secondary N) is 1. The molecule has 0 aliphatic heterocycles. The summed E-state index contributed by atoms with van der Waals surface area (Å²) in [6, 6.07) is 15.1. The Balaban J connectivity index is 1.58. The highest BCUT2D eigenvalue weighted by Crippen LogP contribution is 2.54. The summed E-state index contributed by atoms with van der Waals surface area (Å²) in [6.45, 7) is 1.30. The quantitative estimate of drug-likeness (QED) is 0.735. The number of hydrogen-bond donors (Lipinski definition) is 3. The van der Waals surface area contributed by atoms with Crippen molar-refractivity contribution in [2.24, 2.45) is 5.41 Å². The van der Waals surface area contributed by atoms with Crippen molar-refractivity contribution in [2.45, 2.75) is 25.5 Å². The van der Waals surface area contributed by atoms with Crippen LogP contribution in [0.25, 0.3) is 0 Å². The summed E-state index contributed by atoms with van der Waals surface area (Å²) >= 11 is 0. The van der Waals surface area contributed by atoms with Crippen molar-refractivity contribution in [3.05, 3.63) is 59.7 Å². The van der Waals surface area contributed by atoms with Crippen LogP contribution in [-0.4, -0.2) is 23.9 Å². The zero-order valence-electron chi connectivity index (χ0n) is 13.3. The number of phenolic OH excluding ortho intramolecular Hbond substituents is 1. The SMILES string of the molecule is COc1ccc(CNCC2(C(O)c3ccccc3)CC2)c(O)c1. The second-order valence-corrected chi connectivity index (χ2v) is 6.27. The standard InChI is InChI=1S/C19H23NO3/c1-23-16-8-7-15(17(21)11-16)12-20-13-19(9-10-19)18(22)14-5-3-2-4-6-14/h2-8,11,18,20-22H,9-10,12-13H2,1H3. The highest BCUT2D eigenvalue weighted by atomic mass is 16.5. The number of phenols is 1. The van der Waals surface area contributed by atoms with Crippen molar-refractivity contribution in [2.75, 3.05) is 13.7 Å². The molecule has 1 atom stereocenters. The molecule has 0 bridgehead atoms. The van der Waals surface area contributed by atoms with Crippen LogP contribution in [0.5, 0.6) is 11.5 Å². The van der Waals surface area contributed by atoms with Crippen LogP contribution in [0, 0.1) is 5.41 Å². The number of rotatable bonds is 7. The van der Waals surface area contributed by atoms with Crippen LogP contribution in [0.15, 0.2) is 48.5 Å². The molecule has 0 saturated heterocycles. The van der Waals surface area contributed by atoms with Crippen LogP contribution in [-0.2, 0) is 6.54 Å². The largest absolute Gasteiger partial charge is 0.507 e. The molecule has 3 N–H and O–H groups in total. The Hall–Kier alpha value is -2.04. The number of aliphatic hydroxyl groups is 1. The minimum atomic E-state index is -0.444. The third kappa shape index (κ3) is 3.49. The number of aromatic hydroxyl groups is 1. The summed E-state index contributed by atoms with van der Waals surface area (Å²) in [7, 11) is 1.58. The Morgan fingerprint density at radius 1 is 1.17 bits per heavy atom. The molecule has 0 heterocycles. The summed E-state index contributed by atoms with van der Waals surface area (Å²) in [4.78, 5) is 0. The molecule has 0 radical (unpaired) electrons. The second-order valence-electron chi connectivity index (χ2n) is 6.27. The molecule has 4 nitrogen and oxygen atoms in total. The van der Waals surface area contributed by atoms with Crippen molar-refractivity contribution in [3.63, 3.8) is 0 Å². The maximum Gasteiger partial charge on any atom is 0.123 e. The summed E-state index contributed by atoms with van der Waals surface area (Å²) in [6.07, 6.45) is 1.59. The fraction of sp³-hybridized carbons (Fsp3) is 0.368. The predicted molar refractivity (Wildman–Crippen MR) is 89.4 cm³/mol. The van der Waals surface area contributed by atoms with Gasteiger partial charge in [-0.15, -0.1) is 0 Å². The van der Waals surface area contributed by atoms with Crippen LogP contribution in [0.2, 0.25) is 0 Å². The van der Waals surface area contributed by atoms with E-state index in [1.54, 1.807) is 13.2 Å². The van der Waals surface area contributed by atoms with E-state index in [9.17, 15) is 10.2 Å². The van der Waals surface area contributed by atoms with Gasteiger partial charge in [0.15, 0.2) is 0 Å². The average Bonchev–Trinajstić information content (AvgIpc) is 3.37. The summed E-state index contributed by atoms with van der Waals surface area (Å²) in [5.41, 5.74) is 1.72. The van der Waals surface area contributed by atoms with Crippen LogP contribution < -0.4 is 10.1 Å².